The van der Waals surface area contributed by atoms with Crippen molar-refractivity contribution in [3.05, 3.63) is 29.3 Å². The lowest BCUT2D eigenvalue weighted by Gasteiger charge is -2.38. The van der Waals surface area contributed by atoms with E-state index in [-0.39, 0.29) is 17.7 Å². The number of piperazine rings is 1. The fourth-order valence-electron chi connectivity index (χ4n) is 3.67. The van der Waals surface area contributed by atoms with Gasteiger partial charge >= 0.3 is 0 Å². The molecule has 1 aromatic rings. The van der Waals surface area contributed by atoms with Gasteiger partial charge < -0.3 is 19.4 Å². The van der Waals surface area contributed by atoms with E-state index < -0.39 is 6.10 Å². The Bertz CT molecular complexity index is 668. The molecule has 2 aliphatic rings. The fraction of sp³-hybridized carbons (Fsp3) is 0.600. The van der Waals surface area contributed by atoms with E-state index in [9.17, 15) is 9.59 Å². The van der Waals surface area contributed by atoms with Crippen molar-refractivity contribution in [2.24, 2.45) is 5.92 Å². The van der Waals surface area contributed by atoms with Gasteiger partial charge in [0.2, 0.25) is 5.91 Å². The van der Waals surface area contributed by atoms with Crippen LogP contribution in [0.1, 0.15) is 19.8 Å². The minimum Gasteiger partial charge on any atom is -0.479 e. The topological polar surface area (TPSA) is 53.1 Å². The molecule has 1 atom stereocenters. The fourth-order valence-corrected chi connectivity index (χ4v) is 3.85. The van der Waals surface area contributed by atoms with Crippen molar-refractivity contribution < 1.29 is 14.3 Å². The highest BCUT2D eigenvalue weighted by Gasteiger charge is 2.32. The monoisotopic (exact) mass is 393 g/mol. The predicted octanol–water partition coefficient (Wildman–Crippen LogP) is 2.12. The summed E-state index contributed by atoms with van der Waals surface area (Å²) >= 11 is 6.10. The summed E-state index contributed by atoms with van der Waals surface area (Å²) in [6.07, 6.45) is 0.834. The van der Waals surface area contributed by atoms with E-state index in [1.165, 1.54) is 0 Å². The molecule has 6 nitrogen and oxygen atoms in total. The SMILES string of the molecule is CC(Oc1ccccc1Cl)C(=O)N1CCC(C(=O)N2CCN(C)CC2)CC1. The molecule has 1 unspecified atom stereocenters. The number of likely N-dealkylation sites (N-methyl/N-ethyl adjacent to an activating group) is 1. The Kier molecular flexibility index (Phi) is 6.60. The van der Waals surface area contributed by atoms with Crippen LogP contribution in [0, 0.1) is 5.92 Å². The van der Waals surface area contributed by atoms with E-state index in [0.717, 1.165) is 39.0 Å². The van der Waals surface area contributed by atoms with E-state index in [0.29, 0.717) is 23.9 Å². The highest BCUT2D eigenvalue weighted by molar-refractivity contribution is 6.32. The van der Waals surface area contributed by atoms with Gasteiger partial charge in [-0.3, -0.25) is 9.59 Å². The van der Waals surface area contributed by atoms with Crippen molar-refractivity contribution in [1.29, 1.82) is 0 Å². The molecule has 0 bridgehead atoms. The smallest absolute Gasteiger partial charge is 0.263 e. The Morgan fingerprint density at radius 3 is 2.30 bits per heavy atom. The Balaban J connectivity index is 1.49. The highest BCUT2D eigenvalue weighted by atomic mass is 35.5. The number of likely N-dealkylation sites (tertiary alicyclic amines) is 1. The van der Waals surface area contributed by atoms with Gasteiger partial charge in [-0.15, -0.1) is 0 Å². The summed E-state index contributed by atoms with van der Waals surface area (Å²) in [6.45, 7) is 6.40. The molecule has 148 valence electrons. The maximum atomic E-state index is 12.7. The van der Waals surface area contributed by atoms with Crippen molar-refractivity contribution in [2.75, 3.05) is 46.3 Å². The summed E-state index contributed by atoms with van der Waals surface area (Å²) in [5.74, 6) is 0.730. The molecule has 0 saturated carbocycles. The summed E-state index contributed by atoms with van der Waals surface area (Å²) < 4.78 is 5.74. The third kappa shape index (κ3) is 4.93. The molecular formula is C20H28ClN3O3. The lowest BCUT2D eigenvalue weighted by atomic mass is 9.94. The Hall–Kier alpha value is -1.79. The van der Waals surface area contributed by atoms with Gasteiger partial charge in [0.05, 0.1) is 5.02 Å². The lowest BCUT2D eigenvalue weighted by Crippen LogP contribution is -2.51. The van der Waals surface area contributed by atoms with Gasteiger partial charge in [0, 0.05) is 45.2 Å². The van der Waals surface area contributed by atoms with Crippen molar-refractivity contribution in [1.82, 2.24) is 14.7 Å². The first-order chi connectivity index (χ1) is 13.0. The van der Waals surface area contributed by atoms with Gasteiger partial charge in [0.25, 0.3) is 5.91 Å². The van der Waals surface area contributed by atoms with Crippen LogP contribution >= 0.6 is 11.6 Å². The van der Waals surface area contributed by atoms with Gasteiger partial charge in [0.1, 0.15) is 5.75 Å². The maximum absolute atomic E-state index is 12.7. The number of hydrogen-bond donors (Lipinski definition) is 0. The number of halogens is 1. The number of amides is 2. The van der Waals surface area contributed by atoms with Crippen molar-refractivity contribution in [3.8, 4) is 5.75 Å². The lowest BCUT2D eigenvalue weighted by molar-refractivity contribution is -0.144. The summed E-state index contributed by atoms with van der Waals surface area (Å²) in [5, 5.41) is 0.494. The largest absolute Gasteiger partial charge is 0.479 e. The second kappa shape index (κ2) is 8.93. The Labute approximate surface area is 166 Å². The quantitative estimate of drug-likeness (QED) is 0.786. The average Bonchev–Trinajstić information content (AvgIpc) is 2.69. The molecule has 7 heteroatoms. The van der Waals surface area contributed by atoms with Crippen LogP contribution in [-0.4, -0.2) is 78.9 Å². The molecular weight excluding hydrogens is 366 g/mol. The zero-order valence-electron chi connectivity index (χ0n) is 16.1. The maximum Gasteiger partial charge on any atom is 0.263 e. The number of ether oxygens (including phenoxy) is 1. The first-order valence-electron chi connectivity index (χ1n) is 9.63. The van der Waals surface area contributed by atoms with Crippen molar-refractivity contribution in [3.63, 3.8) is 0 Å². The number of carbonyl (C=O) groups excluding carboxylic acids is 2. The van der Waals surface area contributed by atoms with Crippen LogP contribution in [0.2, 0.25) is 5.02 Å². The van der Waals surface area contributed by atoms with Crippen molar-refractivity contribution in [2.45, 2.75) is 25.9 Å². The minimum absolute atomic E-state index is 0.0252. The summed E-state index contributed by atoms with van der Waals surface area (Å²) in [7, 11) is 2.08. The zero-order chi connectivity index (χ0) is 19.4. The molecule has 2 heterocycles. The standard InChI is InChI=1S/C20H28ClN3O3/c1-15(27-18-6-4-3-5-17(18)21)19(25)23-9-7-16(8-10-23)20(26)24-13-11-22(2)12-14-24/h3-6,15-16H,7-14H2,1-2H3. The second-order valence-electron chi connectivity index (χ2n) is 7.42. The van der Waals surface area contributed by atoms with Gasteiger partial charge in [-0.1, -0.05) is 23.7 Å². The van der Waals surface area contributed by atoms with Gasteiger partial charge in [0.15, 0.2) is 6.10 Å². The molecule has 0 radical (unpaired) electrons. The number of nitrogens with zero attached hydrogens (tertiary/aromatic N) is 3. The second-order valence-corrected chi connectivity index (χ2v) is 7.83. The molecule has 0 aliphatic carbocycles. The van der Waals surface area contributed by atoms with E-state index in [2.05, 4.69) is 11.9 Å². The molecule has 2 aliphatic heterocycles. The summed E-state index contributed by atoms with van der Waals surface area (Å²) in [5.41, 5.74) is 0. The van der Waals surface area contributed by atoms with Crippen LogP contribution < -0.4 is 4.74 Å². The normalized spacial score (nSPS) is 20.4. The predicted molar refractivity (Wildman–Crippen MR) is 105 cm³/mol. The third-order valence-electron chi connectivity index (χ3n) is 5.46. The molecule has 27 heavy (non-hydrogen) atoms. The van der Waals surface area contributed by atoms with Crippen LogP contribution in [0.15, 0.2) is 24.3 Å². The van der Waals surface area contributed by atoms with E-state index >= 15 is 0 Å². The van der Waals surface area contributed by atoms with E-state index in [1.807, 2.05) is 17.0 Å². The number of benzene rings is 1. The summed E-state index contributed by atoms with van der Waals surface area (Å²) in [4.78, 5) is 31.4. The number of hydrogen-bond acceptors (Lipinski definition) is 4. The highest BCUT2D eigenvalue weighted by Crippen LogP contribution is 2.26. The first kappa shape index (κ1) is 20.0. The van der Waals surface area contributed by atoms with Crippen LogP contribution in [0.25, 0.3) is 0 Å². The van der Waals surface area contributed by atoms with Gasteiger partial charge in [-0.2, -0.15) is 0 Å². The number of rotatable bonds is 4. The van der Waals surface area contributed by atoms with Crippen LogP contribution in [0.5, 0.6) is 5.75 Å². The van der Waals surface area contributed by atoms with E-state index in [1.54, 1.807) is 24.0 Å². The minimum atomic E-state index is -0.602. The molecule has 0 spiro atoms. The molecule has 2 saturated heterocycles. The van der Waals surface area contributed by atoms with Gasteiger partial charge in [-0.25, -0.2) is 0 Å². The number of para-hydroxylation sites is 1. The van der Waals surface area contributed by atoms with Crippen LogP contribution in [0.3, 0.4) is 0 Å². The third-order valence-corrected chi connectivity index (χ3v) is 5.77. The number of carbonyl (C=O) groups is 2. The molecule has 1 aromatic carbocycles. The Morgan fingerprint density at radius 2 is 1.67 bits per heavy atom. The molecule has 0 aromatic heterocycles. The Morgan fingerprint density at radius 1 is 1.04 bits per heavy atom. The van der Waals surface area contributed by atoms with Crippen LogP contribution in [-0.2, 0) is 9.59 Å². The summed E-state index contributed by atoms with van der Waals surface area (Å²) in [6, 6.07) is 7.15. The van der Waals surface area contributed by atoms with Crippen molar-refractivity contribution >= 4 is 23.4 Å². The molecule has 2 amide bonds. The average molecular weight is 394 g/mol. The van der Waals surface area contributed by atoms with E-state index in [4.69, 9.17) is 16.3 Å². The van der Waals surface area contributed by atoms with Crippen LogP contribution in [0.4, 0.5) is 0 Å². The molecule has 3 rings (SSSR count). The molecule has 2 fully saturated rings. The van der Waals surface area contributed by atoms with Gasteiger partial charge in [-0.05, 0) is 38.9 Å². The first-order valence-corrected chi connectivity index (χ1v) is 10.0. The zero-order valence-corrected chi connectivity index (χ0v) is 16.8. The number of piperidine rings is 1. The molecule has 0 N–H and O–H groups in total.